The van der Waals surface area contributed by atoms with Gasteiger partial charge < -0.3 is 71.1 Å². The van der Waals surface area contributed by atoms with Crippen molar-refractivity contribution in [2.75, 3.05) is 33.0 Å². The van der Waals surface area contributed by atoms with Gasteiger partial charge in [-0.25, -0.2) is 0 Å². The molecule has 0 N–H and O–H groups in total. The molecule has 0 spiro atoms. The second kappa shape index (κ2) is 52.0. The van der Waals surface area contributed by atoms with Crippen LogP contribution in [-0.4, -0.2) is 181 Å². The summed E-state index contributed by atoms with van der Waals surface area (Å²) in [6.45, 7) is 38.7. The van der Waals surface area contributed by atoms with Gasteiger partial charge in [0.15, 0.2) is 0 Å². The highest BCUT2D eigenvalue weighted by Gasteiger charge is 2.62. The molecule has 5 aliphatic carbocycles. The second-order valence-electron chi connectivity index (χ2n) is 36.8. The number of rotatable bonds is 30. The number of hydrogen-bond donors (Lipinski definition) is 0. The van der Waals surface area contributed by atoms with Gasteiger partial charge in [0.2, 0.25) is 0 Å². The van der Waals surface area contributed by atoms with Crippen molar-refractivity contribution in [3.8, 4) is 0 Å². The fraction of sp³-hybridized carbons (Fsp3) is 0.844. The van der Waals surface area contributed by atoms with E-state index >= 15 is 0 Å². The van der Waals surface area contributed by atoms with Crippen LogP contribution in [0, 0.1) is 63.1 Å². The summed E-state index contributed by atoms with van der Waals surface area (Å²) in [6.07, 6.45) is 10.7. The van der Waals surface area contributed by atoms with Crippen LogP contribution in [0.15, 0.2) is 0 Å². The van der Waals surface area contributed by atoms with Gasteiger partial charge in [-0.3, -0.25) is 71.9 Å². The molecule has 6 aliphatic heterocycles. The molecule has 6 heterocycles. The molecule has 0 amide bonds. The maximum Gasteiger partial charge on any atom is 0.311 e. The Morgan fingerprint density at radius 3 is 1.20 bits per heavy atom. The van der Waals surface area contributed by atoms with Crippen LogP contribution in [0.4, 0.5) is 0 Å². The van der Waals surface area contributed by atoms with Crippen LogP contribution in [0.1, 0.15) is 374 Å². The van der Waals surface area contributed by atoms with Crippen LogP contribution in [0.5, 0.6) is 0 Å². The first-order valence-electron chi connectivity index (χ1n) is 41.8. The van der Waals surface area contributed by atoms with Crippen molar-refractivity contribution in [3.63, 3.8) is 0 Å². The van der Waals surface area contributed by atoms with Gasteiger partial charge in [-0.05, 0) is 193 Å². The predicted molar refractivity (Wildman–Crippen MR) is 479 cm³/mol. The van der Waals surface area contributed by atoms with Crippen molar-refractivity contribution in [1.29, 1.82) is 0 Å². The lowest BCUT2D eigenvalue weighted by Crippen LogP contribution is -2.57. The molecule has 11 rings (SSSR count). The minimum atomic E-state index is -0.834. The van der Waals surface area contributed by atoms with E-state index in [1.165, 1.54) is 0 Å². The molecule has 6 saturated heterocycles. The van der Waals surface area contributed by atoms with Crippen LogP contribution in [-0.2, 0) is 143 Å². The molecular weight excluding hydrogens is 1630 g/mol. The van der Waals surface area contributed by atoms with Gasteiger partial charge in [0.05, 0.1) is 89.3 Å². The first kappa shape index (κ1) is 127. The van der Waals surface area contributed by atoms with Crippen LogP contribution in [0.3, 0.4) is 0 Å². The zero-order valence-corrected chi connectivity index (χ0v) is 72.6. The smallest absolute Gasteiger partial charge is 0.311 e. The number of carbonyl (C=O) groups is 15. The Balaban J connectivity index is -0.000000475. The number of carbonyl (C=O) groups excluding carboxylic acids is 15. The van der Waals surface area contributed by atoms with E-state index in [1.807, 2.05) is 118 Å². The first-order chi connectivity index (χ1) is 53.8. The van der Waals surface area contributed by atoms with E-state index in [-0.39, 0.29) is 247 Å². The number of hydrogen-bond acceptors (Lipinski definition) is 30. The summed E-state index contributed by atoms with van der Waals surface area (Å²) in [5, 5.41) is 0. The summed E-state index contributed by atoms with van der Waals surface area (Å²) in [5.41, 5.74) is -6.75. The van der Waals surface area contributed by atoms with Crippen LogP contribution in [0.25, 0.3) is 0 Å². The Labute approximate surface area is 757 Å². The molecule has 11 aliphatic rings. The normalized spacial score (nSPS) is 28.6. The number of fused-ring (bicyclic) bond motifs is 11. The lowest BCUT2D eigenvalue weighted by Gasteiger charge is -2.47. The Hall–Kier alpha value is -7.95. The Morgan fingerprint density at radius 1 is 0.381 bits per heavy atom. The maximum absolute atomic E-state index is 12.2. The summed E-state index contributed by atoms with van der Waals surface area (Å²) in [4.78, 5) is 177. The Kier molecular flexibility index (Phi) is 52.3. The Bertz CT molecular complexity index is 3520. The highest BCUT2D eigenvalue weighted by Crippen LogP contribution is 2.52. The second-order valence-corrected chi connectivity index (χ2v) is 36.8. The molecule has 0 aromatic heterocycles. The highest BCUT2D eigenvalue weighted by atomic mass is 16.6. The minimum Gasteiger partial charge on any atom is -0.465 e. The zero-order valence-electron chi connectivity index (χ0n) is 72.6. The molecular formula is C96H172O30. The monoisotopic (exact) mass is 1810 g/mol. The molecule has 17 unspecified atom stereocenters. The largest absolute Gasteiger partial charge is 0.465 e. The van der Waals surface area contributed by atoms with Crippen molar-refractivity contribution in [2.45, 2.75) is 432 Å². The van der Waals surface area contributed by atoms with Crippen LogP contribution < -0.4 is 0 Å². The van der Waals surface area contributed by atoms with E-state index in [0.29, 0.717) is 116 Å². The predicted octanol–water partition coefficient (Wildman–Crippen LogP) is 18.5. The van der Waals surface area contributed by atoms with E-state index in [2.05, 4.69) is 0 Å². The van der Waals surface area contributed by atoms with Crippen LogP contribution in [0.2, 0.25) is 0 Å². The maximum atomic E-state index is 12.2. The van der Waals surface area contributed by atoms with Crippen molar-refractivity contribution in [1.82, 2.24) is 0 Å². The summed E-state index contributed by atoms with van der Waals surface area (Å²) in [7, 11) is 0. The van der Waals surface area contributed by atoms with Crippen molar-refractivity contribution in [3.05, 3.63) is 0 Å². The lowest BCUT2D eigenvalue weighted by atomic mass is 9.71. The van der Waals surface area contributed by atoms with Gasteiger partial charge >= 0.3 is 89.5 Å². The van der Waals surface area contributed by atoms with Gasteiger partial charge in [0.1, 0.15) is 91.1 Å². The number of esters is 15. The average molecular weight is 1810 g/mol. The molecule has 5 saturated carbocycles. The summed E-state index contributed by atoms with van der Waals surface area (Å²) >= 11 is 0. The fourth-order valence-corrected chi connectivity index (χ4v) is 15.3. The molecule has 10 bridgehead atoms. The third-order valence-electron chi connectivity index (χ3n) is 25.8. The summed E-state index contributed by atoms with van der Waals surface area (Å²) in [5.74, 6) is -5.25. The molecule has 17 atom stereocenters. The molecule has 0 radical (unpaired) electrons. The standard InChI is InChI=1S/C18H28O6.4C17H26O6.10CH4/c1-6-16(2,3)15(21)22-10-8-13(19)23-17(4)9-7-12-11-18(17,5)24-14(12)20;1-5-16(2,3)15(20)21-9-7-13(18)23-17(4)8-6-11-10-12(17)22-14(11)19;1-5-16(2,3)15(20)21-9-7-13(18)22-12-10-11-6-8-17(12,4)23-14(11)19;1-5-10(2)15(19)21-7-6-13(18)22-14-11(3)8-12-9-17(14,4)23-16(12)20;1-5-16(2,3)15(20)21-9-8-13(18)22-12-7-6-11-10-17(12,4)23-14(11)19;;;;;;;;;;/h12H,6-11H2,1-5H3;2*11-12H,5-10H2,1-4H3;10-12,14H,5-9H2,1-4H3;11-12H,5-10H2,1-4H3;10*1H4. The Morgan fingerprint density at radius 2 is 0.746 bits per heavy atom. The van der Waals surface area contributed by atoms with Gasteiger partial charge in [-0.2, -0.15) is 0 Å². The van der Waals surface area contributed by atoms with E-state index < -0.39 is 103 Å². The minimum absolute atomic E-state index is 0. The van der Waals surface area contributed by atoms with E-state index in [1.54, 1.807) is 27.7 Å². The topological polar surface area (TPSA) is 394 Å². The molecule has 30 nitrogen and oxygen atoms in total. The third-order valence-corrected chi connectivity index (χ3v) is 25.8. The summed E-state index contributed by atoms with van der Waals surface area (Å²) in [6, 6.07) is 0. The van der Waals surface area contributed by atoms with Gasteiger partial charge in [-0.15, -0.1) is 0 Å². The molecule has 30 heteroatoms. The van der Waals surface area contributed by atoms with Crippen molar-refractivity contribution in [2.24, 2.45) is 63.1 Å². The molecule has 0 aromatic rings. The summed E-state index contributed by atoms with van der Waals surface area (Å²) < 4.78 is 80.3. The van der Waals surface area contributed by atoms with Crippen molar-refractivity contribution < 1.29 is 143 Å². The first-order valence-corrected chi connectivity index (χ1v) is 41.8. The van der Waals surface area contributed by atoms with Gasteiger partial charge in [-0.1, -0.05) is 123 Å². The van der Waals surface area contributed by atoms with E-state index in [9.17, 15) is 71.9 Å². The third kappa shape index (κ3) is 32.6. The molecule has 736 valence electrons. The van der Waals surface area contributed by atoms with E-state index in [0.717, 1.165) is 6.42 Å². The van der Waals surface area contributed by atoms with Crippen LogP contribution >= 0.6 is 0 Å². The lowest BCUT2D eigenvalue weighted by molar-refractivity contribution is -0.218. The fourth-order valence-electron chi connectivity index (χ4n) is 15.3. The number of ether oxygens (including phenoxy) is 15. The van der Waals surface area contributed by atoms with Crippen molar-refractivity contribution >= 4 is 89.5 Å². The van der Waals surface area contributed by atoms with Gasteiger partial charge in [0, 0.05) is 32.1 Å². The molecule has 126 heavy (non-hydrogen) atoms. The molecule has 0 aromatic carbocycles. The van der Waals surface area contributed by atoms with E-state index in [4.69, 9.17) is 71.1 Å². The highest BCUT2D eigenvalue weighted by molar-refractivity contribution is 5.82. The quantitative estimate of drug-likeness (QED) is 0.0476. The molecule has 11 fully saturated rings. The SMILES string of the molecule is C.C.C.C.C.C.C.C.C.C.CCC(C)(C)C(=O)OCCC(=O)OC1(C)CCC2CC1(C)OC2=O.CCC(C)(C)C(=O)OCCC(=O)OC1(C)CCC2CC1OC2=O.CCC(C)(C)C(=O)OCCC(=O)OC1CC2CCC1(C)OC2=O.CCC(C)(C)C(=O)OCCC(=O)OC1CCC2CC1(C)OC2=O.CCC(C)C(=O)OCCC(=O)OC1C(C)CC2CC1(C)OC2=O. The van der Waals surface area contributed by atoms with Gasteiger partial charge in [0.25, 0.3) is 0 Å². The average Bonchev–Trinajstić information content (AvgIpc) is 1.54. The zero-order chi connectivity index (χ0) is 87.1.